The van der Waals surface area contributed by atoms with Gasteiger partial charge in [-0.05, 0) is 35.7 Å². The molecule has 10 heteroatoms. The number of aromatic nitrogens is 2. The molecule has 2 aromatic heterocycles. The summed E-state index contributed by atoms with van der Waals surface area (Å²) in [5.74, 6) is -0.153. The highest BCUT2D eigenvalue weighted by Crippen LogP contribution is 2.23. The maximum absolute atomic E-state index is 14.1. The molecular weight excluding hydrogens is 471 g/mol. The summed E-state index contributed by atoms with van der Waals surface area (Å²) in [4.78, 5) is 43.5. The first kappa shape index (κ1) is 22.9. The van der Waals surface area contributed by atoms with Gasteiger partial charge in [0.1, 0.15) is 22.8 Å². The van der Waals surface area contributed by atoms with Crippen LogP contribution in [0.2, 0.25) is 0 Å². The molecule has 2 aromatic carbocycles. The van der Waals surface area contributed by atoms with Gasteiger partial charge in [-0.15, -0.1) is 11.3 Å². The van der Waals surface area contributed by atoms with Gasteiger partial charge in [-0.2, -0.15) is 0 Å². The molecule has 0 radical (unpaired) electrons. The van der Waals surface area contributed by atoms with Crippen molar-refractivity contribution in [2.45, 2.75) is 6.54 Å². The summed E-state index contributed by atoms with van der Waals surface area (Å²) in [6.45, 7) is 1.56. The fraction of sp³-hybridized carbons (Fsp3) is 0.240. The van der Waals surface area contributed by atoms with Gasteiger partial charge in [-0.25, -0.2) is 13.8 Å². The summed E-state index contributed by atoms with van der Waals surface area (Å²) < 4.78 is 22.3. The van der Waals surface area contributed by atoms with Crippen LogP contribution in [0.4, 0.5) is 10.1 Å². The molecule has 1 saturated heterocycles. The van der Waals surface area contributed by atoms with E-state index in [-0.39, 0.29) is 18.3 Å². The number of hydrogen-bond donors (Lipinski definition) is 0. The number of fused-ring (bicyclic) bond motifs is 1. The van der Waals surface area contributed by atoms with Gasteiger partial charge in [0, 0.05) is 26.2 Å². The van der Waals surface area contributed by atoms with E-state index in [1.807, 2.05) is 4.90 Å². The van der Waals surface area contributed by atoms with Crippen molar-refractivity contribution in [3.8, 4) is 11.4 Å². The van der Waals surface area contributed by atoms with Crippen LogP contribution in [0.5, 0.6) is 5.75 Å². The molecule has 4 aromatic rings. The third-order valence-electron chi connectivity index (χ3n) is 6.20. The second kappa shape index (κ2) is 9.38. The summed E-state index contributed by atoms with van der Waals surface area (Å²) in [6.07, 6.45) is 0. The van der Waals surface area contributed by atoms with Crippen molar-refractivity contribution in [2.24, 2.45) is 0 Å². The number of thiophene rings is 1. The Kier molecular flexibility index (Phi) is 6.12. The van der Waals surface area contributed by atoms with Crippen LogP contribution in [0.1, 0.15) is 0 Å². The lowest BCUT2D eigenvalue weighted by molar-refractivity contribution is -0.132. The number of hydrogen-bond acceptors (Lipinski definition) is 6. The minimum Gasteiger partial charge on any atom is -0.495 e. The molecule has 35 heavy (non-hydrogen) atoms. The molecule has 1 amide bonds. The van der Waals surface area contributed by atoms with Crippen LogP contribution in [0.15, 0.2) is 69.6 Å². The second-order valence-corrected chi connectivity index (χ2v) is 9.05. The van der Waals surface area contributed by atoms with E-state index in [0.717, 1.165) is 4.57 Å². The highest BCUT2D eigenvalue weighted by Gasteiger charge is 2.25. The maximum Gasteiger partial charge on any atom is 0.336 e. The number of benzene rings is 2. The Labute approximate surface area is 204 Å². The van der Waals surface area contributed by atoms with Crippen molar-refractivity contribution in [1.29, 1.82) is 0 Å². The topological polar surface area (TPSA) is 76.8 Å². The average molecular weight is 495 g/mol. The number of methoxy groups -OCH3 is 1. The molecule has 3 heterocycles. The molecule has 0 aliphatic carbocycles. The summed E-state index contributed by atoms with van der Waals surface area (Å²) in [5, 5.41) is 1.73. The molecule has 0 bridgehead atoms. The van der Waals surface area contributed by atoms with E-state index in [1.54, 1.807) is 58.8 Å². The zero-order chi connectivity index (χ0) is 24.5. The molecule has 1 aliphatic heterocycles. The first-order valence-corrected chi connectivity index (χ1v) is 12.0. The number of nitrogens with zero attached hydrogens (tertiary/aromatic N) is 4. The summed E-state index contributed by atoms with van der Waals surface area (Å²) >= 11 is 1.22. The highest BCUT2D eigenvalue weighted by atomic mass is 32.1. The smallest absolute Gasteiger partial charge is 0.336 e. The van der Waals surface area contributed by atoms with Crippen LogP contribution < -0.4 is 20.9 Å². The van der Waals surface area contributed by atoms with Gasteiger partial charge in [0.05, 0.1) is 24.0 Å². The normalized spacial score (nSPS) is 13.9. The van der Waals surface area contributed by atoms with E-state index in [1.165, 1.54) is 29.1 Å². The summed E-state index contributed by atoms with van der Waals surface area (Å²) in [7, 11) is 1.47. The Bertz CT molecular complexity index is 1520. The van der Waals surface area contributed by atoms with Crippen LogP contribution >= 0.6 is 11.3 Å². The predicted molar refractivity (Wildman–Crippen MR) is 133 cm³/mol. The largest absolute Gasteiger partial charge is 0.495 e. The first-order valence-electron chi connectivity index (χ1n) is 11.1. The van der Waals surface area contributed by atoms with Crippen molar-refractivity contribution in [2.75, 3.05) is 38.2 Å². The van der Waals surface area contributed by atoms with Crippen molar-refractivity contribution >= 4 is 33.1 Å². The molecule has 8 nitrogen and oxygen atoms in total. The van der Waals surface area contributed by atoms with Crippen molar-refractivity contribution in [3.63, 3.8) is 0 Å². The van der Waals surface area contributed by atoms with Gasteiger partial charge in [0.2, 0.25) is 5.91 Å². The minimum atomic E-state index is -0.608. The van der Waals surface area contributed by atoms with E-state index >= 15 is 0 Å². The number of carbonyl (C=O) groups is 1. The third-order valence-corrected chi connectivity index (χ3v) is 7.09. The lowest BCUT2D eigenvalue weighted by atomic mass is 10.2. The van der Waals surface area contributed by atoms with Gasteiger partial charge in [0.15, 0.2) is 0 Å². The van der Waals surface area contributed by atoms with E-state index < -0.39 is 11.2 Å². The minimum absolute atomic E-state index is 0.207. The molecule has 1 fully saturated rings. The summed E-state index contributed by atoms with van der Waals surface area (Å²) in [6, 6.07) is 15.0. The Morgan fingerprint density at radius 3 is 2.37 bits per heavy atom. The van der Waals surface area contributed by atoms with Crippen molar-refractivity contribution < 1.29 is 13.9 Å². The molecule has 1 aliphatic rings. The number of ether oxygens (including phenoxy) is 1. The van der Waals surface area contributed by atoms with Crippen molar-refractivity contribution in [3.05, 3.63) is 86.6 Å². The number of piperazine rings is 1. The van der Waals surface area contributed by atoms with Crippen LogP contribution in [0.3, 0.4) is 0 Å². The van der Waals surface area contributed by atoms with E-state index in [4.69, 9.17) is 4.74 Å². The highest BCUT2D eigenvalue weighted by molar-refractivity contribution is 7.17. The van der Waals surface area contributed by atoms with Crippen LogP contribution in [-0.2, 0) is 11.3 Å². The Morgan fingerprint density at radius 2 is 1.66 bits per heavy atom. The third kappa shape index (κ3) is 4.10. The SMILES string of the molecule is COc1ccccc1-n1c(=O)c2sccc2n(CC(=O)N2CCN(c3ccccc3F)CC2)c1=O. The fourth-order valence-corrected chi connectivity index (χ4v) is 5.23. The lowest BCUT2D eigenvalue weighted by Crippen LogP contribution is -2.51. The average Bonchev–Trinajstić information content (AvgIpc) is 3.37. The zero-order valence-electron chi connectivity index (χ0n) is 19.0. The molecule has 5 rings (SSSR count). The van der Waals surface area contributed by atoms with Gasteiger partial charge < -0.3 is 14.5 Å². The van der Waals surface area contributed by atoms with Gasteiger partial charge >= 0.3 is 5.69 Å². The van der Waals surface area contributed by atoms with Gasteiger partial charge in [0.25, 0.3) is 5.56 Å². The summed E-state index contributed by atoms with van der Waals surface area (Å²) in [5.41, 5.74) is 0.199. The van der Waals surface area contributed by atoms with Crippen LogP contribution in [-0.4, -0.2) is 53.2 Å². The molecule has 0 saturated carbocycles. The van der Waals surface area contributed by atoms with Gasteiger partial charge in [-0.3, -0.25) is 14.2 Å². The standard InChI is InChI=1S/C25H23FN4O4S/c1-34-21-9-5-4-8-19(21)30-24(32)23-20(10-15-35-23)29(25(30)33)16-22(31)28-13-11-27(12-14-28)18-7-3-2-6-17(18)26/h2-10,15H,11-14,16H2,1H3. The maximum atomic E-state index is 14.1. The Hall–Kier alpha value is -3.92. The molecule has 0 N–H and O–H groups in total. The monoisotopic (exact) mass is 494 g/mol. The van der Waals surface area contributed by atoms with E-state index in [2.05, 4.69) is 0 Å². The number of rotatable bonds is 5. The molecule has 0 spiro atoms. The second-order valence-electron chi connectivity index (χ2n) is 8.14. The first-order chi connectivity index (χ1) is 17.0. The number of para-hydroxylation sites is 3. The van der Waals surface area contributed by atoms with E-state index in [0.29, 0.717) is 53.5 Å². The quantitative estimate of drug-likeness (QED) is 0.427. The zero-order valence-corrected chi connectivity index (χ0v) is 19.8. The number of carbonyl (C=O) groups excluding carboxylic acids is 1. The number of anilines is 1. The number of amides is 1. The predicted octanol–water partition coefficient (Wildman–Crippen LogP) is 2.71. The van der Waals surface area contributed by atoms with Crippen molar-refractivity contribution in [1.82, 2.24) is 14.0 Å². The van der Waals surface area contributed by atoms with Crippen LogP contribution in [0, 0.1) is 5.82 Å². The van der Waals surface area contributed by atoms with Crippen LogP contribution in [0.25, 0.3) is 15.9 Å². The fourth-order valence-electron chi connectivity index (χ4n) is 4.41. The molecule has 0 atom stereocenters. The lowest BCUT2D eigenvalue weighted by Gasteiger charge is -2.36. The Morgan fingerprint density at radius 1 is 0.971 bits per heavy atom. The number of halogens is 1. The molecule has 180 valence electrons. The molecular formula is C25H23FN4O4S. The van der Waals surface area contributed by atoms with E-state index in [9.17, 15) is 18.8 Å². The molecule has 0 unspecified atom stereocenters. The van der Waals surface area contributed by atoms with Gasteiger partial charge in [-0.1, -0.05) is 24.3 Å². The Balaban J connectivity index is 1.45.